The van der Waals surface area contributed by atoms with Crippen molar-refractivity contribution in [2.45, 2.75) is 67.1 Å². The first-order chi connectivity index (χ1) is 9.67. The molecule has 15 heteroatoms. The zero-order chi connectivity index (χ0) is 16.1. The Morgan fingerprint density at radius 3 is 1.52 bits per heavy atom. The smallest absolute Gasteiger partial charge is 0.373 e. The SMILES string of the molecule is C.C.C=CCC.CCCC[Si](OC)O[Si]C.CO[SiH]O[Si]C.[B].[Y].[Y].[Y].[Y].[Y].[Y]. The molecule has 155 valence electrons. The maximum Gasteiger partial charge on any atom is 0.373 e. The fourth-order valence-electron chi connectivity index (χ4n) is 0.726. The number of hydrogen-bond donors (Lipinski definition) is 0. The third-order valence-corrected chi connectivity index (χ3v) is 6.19. The standard InChI is InChI=1S/C6H15O2Si2.C4H8.C2H7O2Si2.2CH4.B.6Y/c1-4-5-6-10(7-2)8-9-3;1-3-4-2;1-3-6-4-5-2;;;;;;;;;/h4-6H2,1-3H3;3H,1,4H2,2H3;6H,1-2H3;2*1H4;;;;;;;. The summed E-state index contributed by atoms with van der Waals surface area (Å²) in [6.45, 7) is 11.7. The van der Waals surface area contributed by atoms with E-state index in [0.717, 1.165) is 12.5 Å². The summed E-state index contributed by atoms with van der Waals surface area (Å²) < 4.78 is 20.1. The molecule has 0 unspecified atom stereocenters. The molecule has 0 amide bonds. The van der Waals surface area contributed by atoms with Crippen LogP contribution in [0.3, 0.4) is 0 Å². The average Bonchev–Trinajstić information content (AvgIpc) is 2.50. The van der Waals surface area contributed by atoms with Crippen LogP contribution in [-0.4, -0.2) is 61.4 Å². The van der Waals surface area contributed by atoms with Crippen molar-refractivity contribution in [1.82, 2.24) is 0 Å². The van der Waals surface area contributed by atoms with Crippen LogP contribution < -0.4 is 0 Å². The summed E-state index contributed by atoms with van der Waals surface area (Å²) in [5.74, 6) is 0. The maximum absolute atomic E-state index is 5.40. The van der Waals surface area contributed by atoms with Crippen molar-refractivity contribution >= 4 is 47.2 Å². The Balaban J connectivity index is -0.0000000138. The molecule has 0 spiro atoms. The topological polar surface area (TPSA) is 36.9 Å². The molecular weight excluding hydrogens is 889 g/mol. The van der Waals surface area contributed by atoms with Gasteiger partial charge in [-0.2, -0.15) is 0 Å². The Morgan fingerprint density at radius 1 is 0.931 bits per heavy atom. The van der Waals surface area contributed by atoms with E-state index >= 15 is 0 Å². The number of unbranched alkanes of at least 4 members (excludes halogenated alkanes) is 1. The first-order valence-corrected chi connectivity index (χ1v) is 12.0. The molecule has 0 saturated carbocycles. The Bertz CT molecular complexity index is 189. The van der Waals surface area contributed by atoms with Gasteiger partial charge in [0.2, 0.25) is 19.5 Å². The number of rotatable bonds is 10. The van der Waals surface area contributed by atoms with Gasteiger partial charge in [0.25, 0.3) is 0 Å². The second kappa shape index (κ2) is 83.6. The zero-order valence-electron chi connectivity index (χ0n) is 17.9. The molecule has 0 aliphatic rings. The number of allylic oxidation sites excluding steroid dienone is 1. The van der Waals surface area contributed by atoms with Crippen molar-refractivity contribution in [1.29, 1.82) is 0 Å². The molecule has 4 nitrogen and oxygen atoms in total. The van der Waals surface area contributed by atoms with Crippen LogP contribution in [0.2, 0.25) is 19.1 Å². The van der Waals surface area contributed by atoms with Crippen molar-refractivity contribution in [3.05, 3.63) is 12.7 Å². The van der Waals surface area contributed by atoms with Gasteiger partial charge in [-0.15, -0.1) is 6.58 Å². The monoisotopic (exact) mass is 927 g/mol. The molecule has 0 N–H and O–H groups in total. The van der Waals surface area contributed by atoms with E-state index in [2.05, 4.69) is 24.9 Å². The van der Waals surface area contributed by atoms with Gasteiger partial charge >= 0.3 is 19.3 Å². The molecule has 0 fully saturated rings. The van der Waals surface area contributed by atoms with Crippen LogP contribution in [-0.2, 0) is 213 Å². The zero-order valence-corrected chi connectivity index (χ0v) is 39.0. The molecule has 0 atom stereocenters. The third-order valence-electron chi connectivity index (χ3n) is 1.73. The summed E-state index contributed by atoms with van der Waals surface area (Å²) >= 11 is 0. The fourth-order valence-corrected chi connectivity index (χ4v) is 3.99. The summed E-state index contributed by atoms with van der Waals surface area (Å²) in [6, 6.07) is 1.12. The molecule has 0 aromatic heterocycles. The van der Waals surface area contributed by atoms with E-state index in [1.54, 1.807) is 14.2 Å². The normalized spacial score (nSPS) is 6.45. The first kappa shape index (κ1) is 76.6. The van der Waals surface area contributed by atoms with Crippen LogP contribution in [0.5, 0.6) is 0 Å². The van der Waals surface area contributed by atoms with Crippen LogP contribution in [0.15, 0.2) is 12.7 Å². The largest absolute Gasteiger partial charge is 0.438 e. The summed E-state index contributed by atoms with van der Waals surface area (Å²) in [5, 5.41) is 0. The minimum Gasteiger partial charge on any atom is -0.438 e. The van der Waals surface area contributed by atoms with Crippen molar-refractivity contribution in [2.75, 3.05) is 14.2 Å². The minimum atomic E-state index is -0.885. The van der Waals surface area contributed by atoms with Crippen LogP contribution in [0.4, 0.5) is 0 Å². The van der Waals surface area contributed by atoms with E-state index in [0.29, 0.717) is 19.5 Å². The van der Waals surface area contributed by atoms with Gasteiger partial charge in [0.05, 0.1) is 0 Å². The van der Waals surface area contributed by atoms with E-state index in [1.165, 1.54) is 12.8 Å². The molecule has 0 heterocycles. The van der Waals surface area contributed by atoms with Gasteiger partial charge in [0, 0.05) is 219 Å². The van der Waals surface area contributed by atoms with Crippen molar-refractivity contribution < 1.29 is 213 Å². The maximum atomic E-state index is 5.40. The summed E-state index contributed by atoms with van der Waals surface area (Å²) in [7, 11) is 3.49. The summed E-state index contributed by atoms with van der Waals surface area (Å²) in [5.41, 5.74) is 0. The summed E-state index contributed by atoms with van der Waals surface area (Å²) in [6.07, 6.45) is 5.42. The van der Waals surface area contributed by atoms with Crippen LogP contribution in [0.25, 0.3) is 0 Å². The molecule has 0 aromatic rings. The first-order valence-electron chi connectivity index (χ1n) is 6.69. The molecule has 0 rings (SSSR count). The number of hydrogen-bond acceptors (Lipinski definition) is 4. The van der Waals surface area contributed by atoms with Crippen molar-refractivity contribution in [2.24, 2.45) is 0 Å². The molecule has 15 radical (unpaired) electrons. The van der Waals surface area contributed by atoms with E-state index in [1.807, 2.05) is 19.2 Å². The molecule has 0 aliphatic carbocycles. The Morgan fingerprint density at radius 2 is 1.34 bits per heavy atom. The van der Waals surface area contributed by atoms with Crippen LogP contribution in [0.1, 0.15) is 48.0 Å². The quantitative estimate of drug-likeness (QED) is 0.191. The van der Waals surface area contributed by atoms with Crippen molar-refractivity contribution in [3.8, 4) is 0 Å². The van der Waals surface area contributed by atoms with Gasteiger partial charge in [-0.25, -0.2) is 0 Å². The third kappa shape index (κ3) is 95.1. The fraction of sp³-hybridized carbons (Fsp3) is 0.857. The predicted octanol–water partition coefficient (Wildman–Crippen LogP) is 3.65. The van der Waals surface area contributed by atoms with Gasteiger partial charge in [-0.05, 0) is 25.6 Å². The minimum absolute atomic E-state index is 0. The van der Waals surface area contributed by atoms with Crippen molar-refractivity contribution in [3.63, 3.8) is 0 Å². The molecule has 0 bridgehead atoms. The van der Waals surface area contributed by atoms with E-state index in [9.17, 15) is 0 Å². The van der Waals surface area contributed by atoms with Gasteiger partial charge in [0.1, 0.15) is 0 Å². The van der Waals surface area contributed by atoms with Gasteiger partial charge in [0.15, 0.2) is 0 Å². The Hall–Kier alpha value is 7.14. The second-order valence-electron chi connectivity index (χ2n) is 3.34. The summed E-state index contributed by atoms with van der Waals surface area (Å²) in [4.78, 5) is 0. The van der Waals surface area contributed by atoms with E-state index in [-0.39, 0.29) is 230 Å². The van der Waals surface area contributed by atoms with Gasteiger partial charge in [-0.3, -0.25) is 0 Å². The van der Waals surface area contributed by atoms with Crippen LogP contribution in [0, 0.1) is 0 Å². The van der Waals surface area contributed by atoms with E-state index < -0.39 is 9.28 Å². The predicted molar refractivity (Wildman–Crippen MR) is 112 cm³/mol. The molecule has 29 heavy (non-hydrogen) atoms. The van der Waals surface area contributed by atoms with Gasteiger partial charge < -0.3 is 17.1 Å². The Kier molecular flexibility index (Phi) is 221. The van der Waals surface area contributed by atoms with E-state index in [4.69, 9.17) is 12.7 Å². The second-order valence-corrected chi connectivity index (χ2v) is 8.23. The van der Waals surface area contributed by atoms with Crippen LogP contribution >= 0.6 is 0 Å². The Labute approximate surface area is 346 Å². The molecule has 0 aromatic carbocycles. The molecule has 0 saturated heterocycles. The molecule has 0 aliphatic heterocycles. The molecular formula is C14H38BO4Si4Y6. The average molecular weight is 927 g/mol. The van der Waals surface area contributed by atoms with Gasteiger partial charge in [-0.1, -0.05) is 47.6 Å².